The van der Waals surface area contributed by atoms with Crippen LogP contribution in [-0.4, -0.2) is 54.7 Å². The molecule has 0 spiro atoms. The van der Waals surface area contributed by atoms with Crippen molar-refractivity contribution >= 4 is 79.4 Å². The van der Waals surface area contributed by atoms with Crippen LogP contribution in [-0.2, 0) is 41.3 Å². The van der Waals surface area contributed by atoms with Crippen molar-refractivity contribution in [3.05, 3.63) is 52.6 Å². The first-order valence-electron chi connectivity index (χ1n) is 9.61. The lowest BCUT2D eigenvalue weighted by atomic mass is 10.1. The van der Waals surface area contributed by atoms with Crippen molar-refractivity contribution < 1.29 is 32.8 Å². The van der Waals surface area contributed by atoms with Gasteiger partial charge in [0.15, 0.2) is 0 Å². The summed E-state index contributed by atoms with van der Waals surface area (Å²) in [4.78, 5) is 37.4. The third kappa shape index (κ3) is 7.71. The van der Waals surface area contributed by atoms with Gasteiger partial charge < -0.3 is 14.2 Å². The van der Waals surface area contributed by atoms with Crippen molar-refractivity contribution in [3.63, 3.8) is 0 Å². The number of methoxy groups -OCH3 is 1. The normalized spacial score (nSPS) is 18.8. The first-order chi connectivity index (χ1) is 15.9. The number of amides is 1. The fraction of sp³-hybridized carbons (Fsp3) is 0.381. The number of β-lactam (4-membered cyclic amide) rings is 1. The molecule has 1 aliphatic heterocycles. The number of hydrogen-bond acceptors (Lipinski definition) is 7. The molecule has 3 atom stereocenters. The number of carbonyl (C=O) groups excluding carboxylic acids is 3. The van der Waals surface area contributed by atoms with Crippen LogP contribution >= 0.6 is 50.7 Å². The largest absolute Gasteiger partial charge is 0.497 e. The second-order valence-electron chi connectivity index (χ2n) is 7.13. The lowest BCUT2D eigenvalue weighted by Gasteiger charge is -2.43. The SMILES string of the molecule is COc1ccc(COC(=O)C(=C(C)C)N2C(=O)C(Br)C2S(=O)C=CC(=O)OCC(Cl)(Cl)Cl)cc1. The minimum absolute atomic E-state index is 0.0280. The Bertz CT molecular complexity index is 1020. The van der Waals surface area contributed by atoms with Gasteiger partial charge >= 0.3 is 11.9 Å². The maximum absolute atomic E-state index is 12.8. The number of ether oxygens (including phenoxy) is 3. The Labute approximate surface area is 222 Å². The highest BCUT2D eigenvalue weighted by atomic mass is 79.9. The zero-order chi connectivity index (χ0) is 25.6. The second kappa shape index (κ2) is 12.4. The Morgan fingerprint density at radius 1 is 1.18 bits per heavy atom. The molecule has 1 saturated heterocycles. The summed E-state index contributed by atoms with van der Waals surface area (Å²) < 4.78 is 26.2. The van der Waals surface area contributed by atoms with E-state index in [1.165, 1.54) is 0 Å². The number of benzene rings is 1. The second-order valence-corrected chi connectivity index (χ2v) is 12.0. The van der Waals surface area contributed by atoms with E-state index in [0.29, 0.717) is 16.9 Å². The minimum Gasteiger partial charge on any atom is -0.497 e. The van der Waals surface area contributed by atoms with E-state index in [2.05, 4.69) is 15.9 Å². The van der Waals surface area contributed by atoms with E-state index in [1.54, 1.807) is 45.2 Å². The molecule has 13 heteroatoms. The van der Waals surface area contributed by atoms with E-state index >= 15 is 0 Å². The van der Waals surface area contributed by atoms with E-state index in [1.807, 2.05) is 0 Å². The summed E-state index contributed by atoms with van der Waals surface area (Å²) in [6, 6.07) is 6.93. The molecule has 1 aliphatic rings. The van der Waals surface area contributed by atoms with Crippen molar-refractivity contribution in [2.75, 3.05) is 13.7 Å². The van der Waals surface area contributed by atoms with Gasteiger partial charge in [-0.25, -0.2) is 9.59 Å². The van der Waals surface area contributed by atoms with Crippen LogP contribution in [0.4, 0.5) is 0 Å². The van der Waals surface area contributed by atoms with Crippen molar-refractivity contribution in [1.29, 1.82) is 0 Å². The summed E-state index contributed by atoms with van der Waals surface area (Å²) in [5.74, 6) is -1.45. The molecule has 1 aromatic rings. The van der Waals surface area contributed by atoms with Gasteiger partial charge in [-0.05, 0) is 37.1 Å². The molecule has 0 bridgehead atoms. The van der Waals surface area contributed by atoms with Crippen LogP contribution in [0.25, 0.3) is 0 Å². The van der Waals surface area contributed by atoms with Crippen molar-refractivity contribution in [2.24, 2.45) is 0 Å². The number of halogens is 4. The summed E-state index contributed by atoms with van der Waals surface area (Å²) >= 11 is 19.7. The zero-order valence-corrected chi connectivity index (χ0v) is 22.9. The Hall–Kier alpha value is -1.59. The number of hydrogen-bond donors (Lipinski definition) is 0. The lowest BCUT2D eigenvalue weighted by Crippen LogP contribution is -2.63. The van der Waals surface area contributed by atoms with Crippen LogP contribution in [0.1, 0.15) is 19.4 Å². The molecule has 3 unspecified atom stereocenters. The average molecular weight is 618 g/mol. The van der Waals surface area contributed by atoms with Crippen LogP contribution in [0.3, 0.4) is 0 Å². The molecule has 34 heavy (non-hydrogen) atoms. The third-order valence-electron chi connectivity index (χ3n) is 4.37. The van der Waals surface area contributed by atoms with E-state index in [9.17, 15) is 18.6 Å². The predicted molar refractivity (Wildman–Crippen MR) is 133 cm³/mol. The highest BCUT2D eigenvalue weighted by Gasteiger charge is 2.52. The molecule has 1 fully saturated rings. The average Bonchev–Trinajstić information content (AvgIpc) is 2.78. The predicted octanol–water partition coefficient (Wildman–Crippen LogP) is 4.14. The van der Waals surface area contributed by atoms with Gasteiger partial charge in [-0.1, -0.05) is 62.9 Å². The summed E-state index contributed by atoms with van der Waals surface area (Å²) in [6.07, 6.45) is 0.900. The Kier molecular flexibility index (Phi) is 10.4. The maximum atomic E-state index is 12.8. The molecule has 1 amide bonds. The fourth-order valence-electron chi connectivity index (χ4n) is 2.77. The highest BCUT2D eigenvalue weighted by molar-refractivity contribution is 9.10. The highest BCUT2D eigenvalue weighted by Crippen LogP contribution is 2.35. The molecule has 0 aliphatic carbocycles. The molecule has 1 heterocycles. The standard InChI is InChI=1S/C21H21BrCl3NO7S/c1-12(2)17(20(29)32-10-13-4-6-14(31-3)7-5-13)26-18(28)16(22)19(26)34(30)9-8-15(27)33-11-21(23,24)25/h4-9,16,19H,10-11H2,1-3H3. The third-order valence-corrected chi connectivity index (χ3v) is 7.30. The van der Waals surface area contributed by atoms with Gasteiger partial charge in [-0.2, -0.15) is 0 Å². The molecule has 0 N–H and O–H groups in total. The van der Waals surface area contributed by atoms with Gasteiger partial charge in [0, 0.05) is 11.5 Å². The van der Waals surface area contributed by atoms with Crippen LogP contribution in [0.5, 0.6) is 5.75 Å². The van der Waals surface area contributed by atoms with Crippen molar-refractivity contribution in [3.8, 4) is 5.75 Å². The molecule has 0 radical (unpaired) electrons. The molecule has 8 nitrogen and oxygen atoms in total. The number of nitrogens with zero attached hydrogens (tertiary/aromatic N) is 1. The number of rotatable bonds is 9. The minimum atomic E-state index is -1.88. The molecule has 2 rings (SSSR count). The van der Waals surface area contributed by atoms with Crippen LogP contribution in [0.15, 0.2) is 47.0 Å². The number of alkyl halides is 4. The van der Waals surface area contributed by atoms with Gasteiger partial charge in [0.2, 0.25) is 9.70 Å². The summed E-state index contributed by atoms with van der Waals surface area (Å²) in [5.41, 5.74) is 1.17. The Balaban J connectivity index is 2.10. The molecular weight excluding hydrogens is 597 g/mol. The number of carbonyl (C=O) groups is 3. The summed E-state index contributed by atoms with van der Waals surface area (Å²) in [7, 11) is -0.338. The first kappa shape index (κ1) is 28.6. The molecular formula is C21H21BrCl3NO7S. The zero-order valence-electron chi connectivity index (χ0n) is 18.3. The van der Waals surface area contributed by atoms with Crippen molar-refractivity contribution in [1.82, 2.24) is 4.90 Å². The van der Waals surface area contributed by atoms with E-state index in [0.717, 1.165) is 16.4 Å². The Morgan fingerprint density at radius 2 is 1.79 bits per heavy atom. The number of likely N-dealkylation sites (tertiary alicyclic amines) is 1. The number of esters is 2. The van der Waals surface area contributed by atoms with E-state index < -0.39 is 49.2 Å². The summed E-state index contributed by atoms with van der Waals surface area (Å²) in [5, 5.41) is 0.0906. The van der Waals surface area contributed by atoms with Gasteiger partial charge in [0.25, 0.3) is 0 Å². The molecule has 0 saturated carbocycles. The Morgan fingerprint density at radius 3 is 2.32 bits per heavy atom. The van der Waals surface area contributed by atoms with Gasteiger partial charge in [-0.3, -0.25) is 13.9 Å². The molecule has 0 aromatic heterocycles. The van der Waals surface area contributed by atoms with Crippen LogP contribution in [0, 0.1) is 0 Å². The van der Waals surface area contributed by atoms with E-state index in [4.69, 9.17) is 49.0 Å². The fourth-order valence-corrected chi connectivity index (χ4v) is 5.21. The lowest BCUT2D eigenvalue weighted by molar-refractivity contribution is -0.149. The summed E-state index contributed by atoms with van der Waals surface area (Å²) in [6.45, 7) is 2.72. The van der Waals surface area contributed by atoms with Gasteiger partial charge in [0.1, 0.15) is 34.9 Å². The van der Waals surface area contributed by atoms with Gasteiger partial charge in [0.05, 0.1) is 17.9 Å². The monoisotopic (exact) mass is 615 g/mol. The topological polar surface area (TPSA) is 99.2 Å². The number of allylic oxidation sites excluding steroid dienone is 1. The van der Waals surface area contributed by atoms with Crippen molar-refractivity contribution in [2.45, 2.75) is 34.4 Å². The molecule has 186 valence electrons. The van der Waals surface area contributed by atoms with Crippen LogP contribution < -0.4 is 4.74 Å². The van der Waals surface area contributed by atoms with Gasteiger partial charge in [-0.15, -0.1) is 0 Å². The quantitative estimate of drug-likeness (QED) is 0.178. The molecule has 1 aromatic carbocycles. The van der Waals surface area contributed by atoms with Crippen LogP contribution in [0.2, 0.25) is 0 Å². The maximum Gasteiger partial charge on any atom is 0.355 e. The first-order valence-corrected chi connectivity index (χ1v) is 12.9. The van der Waals surface area contributed by atoms with E-state index in [-0.39, 0.29) is 12.3 Å². The smallest absolute Gasteiger partial charge is 0.355 e.